The smallest absolute Gasteiger partial charge is 0.0337 e. The van der Waals surface area contributed by atoms with Crippen LogP contribution in [0, 0.1) is 0 Å². The summed E-state index contributed by atoms with van der Waals surface area (Å²) in [4.78, 5) is 0. The molecule has 0 aliphatic heterocycles. The van der Waals surface area contributed by atoms with E-state index in [1.54, 1.807) is 0 Å². The largest absolute Gasteiger partial charge is 0.399 e. The Balaban J connectivity index is 0. The zero-order valence-corrected chi connectivity index (χ0v) is 8.02. The summed E-state index contributed by atoms with van der Waals surface area (Å²) in [6.07, 6.45) is 5.65. The third kappa shape index (κ3) is 9.02. The van der Waals surface area contributed by atoms with E-state index in [2.05, 4.69) is 6.58 Å². The van der Waals surface area contributed by atoms with E-state index in [1.165, 1.54) is 0 Å². The van der Waals surface area contributed by atoms with Crippen LogP contribution >= 0.6 is 0 Å². The maximum Gasteiger partial charge on any atom is 0.0337 e. The lowest BCUT2D eigenvalue weighted by Gasteiger charge is -1.93. The van der Waals surface area contributed by atoms with E-state index in [-0.39, 0.29) is 0 Å². The van der Waals surface area contributed by atoms with Crippen LogP contribution in [-0.4, -0.2) is 0 Å². The van der Waals surface area contributed by atoms with Crippen LogP contribution in [0.5, 0.6) is 0 Å². The Kier molecular flexibility index (Phi) is 10.4. The van der Waals surface area contributed by atoms with E-state index in [0.29, 0.717) is 0 Å². The van der Waals surface area contributed by atoms with Crippen molar-refractivity contribution in [2.75, 3.05) is 0 Å². The second-order valence-electron chi connectivity index (χ2n) is 1.93. The highest BCUT2D eigenvalue weighted by Gasteiger charge is 1.83. The summed E-state index contributed by atoms with van der Waals surface area (Å²) in [5, 5.41) is 0. The van der Waals surface area contributed by atoms with Gasteiger partial charge in [0.05, 0.1) is 0 Å². The summed E-state index contributed by atoms with van der Waals surface area (Å²) in [6, 6.07) is 0. The molecule has 0 aromatic rings. The molecule has 1 nitrogen and oxygen atoms in total. The van der Waals surface area contributed by atoms with Gasteiger partial charge >= 0.3 is 0 Å². The summed E-state index contributed by atoms with van der Waals surface area (Å²) in [5.41, 5.74) is 7.17. The van der Waals surface area contributed by atoms with Crippen molar-refractivity contribution in [2.24, 2.45) is 5.73 Å². The third-order valence-electron chi connectivity index (χ3n) is 0.961. The Labute approximate surface area is 70.3 Å². The topological polar surface area (TPSA) is 26.0 Å². The first-order valence-corrected chi connectivity index (χ1v) is 3.92. The maximum absolute atomic E-state index is 5.51. The summed E-state index contributed by atoms with van der Waals surface area (Å²) >= 11 is 0. The minimum Gasteiger partial charge on any atom is -0.399 e. The van der Waals surface area contributed by atoms with Gasteiger partial charge in [0.15, 0.2) is 0 Å². The molecule has 0 radical (unpaired) electrons. The number of hydrogen-bond donors (Lipinski definition) is 1. The van der Waals surface area contributed by atoms with Gasteiger partial charge in [0.1, 0.15) is 0 Å². The van der Waals surface area contributed by atoms with Crippen LogP contribution in [0.2, 0.25) is 0 Å². The predicted molar refractivity (Wildman–Crippen MR) is 53.2 cm³/mol. The molecule has 1 heteroatoms. The van der Waals surface area contributed by atoms with Gasteiger partial charge < -0.3 is 5.73 Å². The van der Waals surface area contributed by atoms with Gasteiger partial charge in [-0.1, -0.05) is 32.6 Å². The quantitative estimate of drug-likeness (QED) is 0.606. The van der Waals surface area contributed by atoms with Crippen LogP contribution in [0.3, 0.4) is 0 Å². The summed E-state index contributed by atoms with van der Waals surface area (Å²) in [7, 11) is 0. The van der Waals surface area contributed by atoms with Crippen molar-refractivity contribution in [2.45, 2.75) is 27.7 Å². The highest BCUT2D eigenvalue weighted by atomic mass is 14.6. The Hall–Kier alpha value is -0.980. The van der Waals surface area contributed by atoms with Gasteiger partial charge in [-0.05, 0) is 25.5 Å². The van der Waals surface area contributed by atoms with Crippen molar-refractivity contribution in [1.29, 1.82) is 0 Å². The van der Waals surface area contributed by atoms with E-state index in [0.717, 1.165) is 11.3 Å². The van der Waals surface area contributed by atoms with Crippen molar-refractivity contribution >= 4 is 0 Å². The van der Waals surface area contributed by atoms with Crippen molar-refractivity contribution in [1.82, 2.24) is 0 Å². The zero-order valence-electron chi connectivity index (χ0n) is 8.02. The Bertz CT molecular complexity index is 152. The summed E-state index contributed by atoms with van der Waals surface area (Å²) in [6.45, 7) is 11.5. The molecule has 0 heterocycles. The number of hydrogen-bond acceptors (Lipinski definition) is 1. The molecular weight excluding hydrogens is 134 g/mol. The Morgan fingerprint density at radius 2 is 1.82 bits per heavy atom. The van der Waals surface area contributed by atoms with Gasteiger partial charge in [-0.3, -0.25) is 0 Å². The number of allylic oxidation sites excluding steroid dienone is 4. The SMILES string of the molecule is C=C(C)/C(N)=C\C=C/C.CC. The van der Waals surface area contributed by atoms with Gasteiger partial charge in [-0.25, -0.2) is 0 Å². The van der Waals surface area contributed by atoms with Gasteiger partial charge in [-0.15, -0.1) is 0 Å². The highest BCUT2D eigenvalue weighted by Crippen LogP contribution is 1.97. The zero-order chi connectivity index (χ0) is 9.28. The molecule has 0 aliphatic rings. The molecule has 0 saturated carbocycles. The average molecular weight is 153 g/mol. The molecule has 0 aliphatic carbocycles. The molecular formula is C10H19N. The fraction of sp³-hybridized carbons (Fsp3) is 0.400. The second-order valence-corrected chi connectivity index (χ2v) is 1.93. The lowest BCUT2D eigenvalue weighted by atomic mass is 10.2. The molecule has 0 saturated heterocycles. The molecule has 0 unspecified atom stereocenters. The van der Waals surface area contributed by atoms with Gasteiger partial charge in [0.25, 0.3) is 0 Å². The molecule has 0 atom stereocenters. The lowest BCUT2D eigenvalue weighted by molar-refractivity contribution is 1.30. The fourth-order valence-electron chi connectivity index (χ4n) is 0.342. The molecule has 0 amide bonds. The van der Waals surface area contributed by atoms with Crippen molar-refractivity contribution < 1.29 is 0 Å². The second kappa shape index (κ2) is 9.02. The lowest BCUT2D eigenvalue weighted by Crippen LogP contribution is -1.95. The van der Waals surface area contributed by atoms with Gasteiger partial charge in [-0.2, -0.15) is 0 Å². The van der Waals surface area contributed by atoms with E-state index in [1.807, 2.05) is 45.9 Å². The molecule has 0 aromatic carbocycles. The highest BCUT2D eigenvalue weighted by molar-refractivity contribution is 5.26. The first-order valence-electron chi connectivity index (χ1n) is 3.92. The van der Waals surface area contributed by atoms with E-state index in [4.69, 9.17) is 5.73 Å². The van der Waals surface area contributed by atoms with E-state index in [9.17, 15) is 0 Å². The minimum atomic E-state index is 0.744. The number of nitrogens with two attached hydrogens (primary N) is 1. The van der Waals surface area contributed by atoms with E-state index < -0.39 is 0 Å². The first-order chi connectivity index (χ1) is 5.18. The summed E-state index contributed by atoms with van der Waals surface area (Å²) in [5.74, 6) is 0. The van der Waals surface area contributed by atoms with Crippen molar-refractivity contribution in [3.63, 3.8) is 0 Å². The Morgan fingerprint density at radius 1 is 1.36 bits per heavy atom. The van der Waals surface area contributed by atoms with Crippen LogP contribution in [-0.2, 0) is 0 Å². The van der Waals surface area contributed by atoms with Crippen LogP contribution in [0.1, 0.15) is 27.7 Å². The normalized spacial score (nSPS) is 10.7. The van der Waals surface area contributed by atoms with Crippen molar-refractivity contribution in [3.8, 4) is 0 Å². The van der Waals surface area contributed by atoms with Gasteiger partial charge in [0.2, 0.25) is 0 Å². The van der Waals surface area contributed by atoms with Crippen molar-refractivity contribution in [3.05, 3.63) is 36.1 Å². The predicted octanol–water partition coefficient (Wildman–Crippen LogP) is 3.01. The molecule has 0 aromatic heterocycles. The van der Waals surface area contributed by atoms with Gasteiger partial charge in [0, 0.05) is 5.70 Å². The van der Waals surface area contributed by atoms with Crippen LogP contribution in [0.25, 0.3) is 0 Å². The molecule has 2 N–H and O–H groups in total. The standard InChI is InChI=1S/C8H13N.C2H6/c1-4-5-6-8(9)7(2)3;1-2/h4-6H,2,9H2,1,3H3;1-2H3/b5-4-,8-6+;. The minimum absolute atomic E-state index is 0.744. The average Bonchev–Trinajstić information content (AvgIpc) is 2.03. The molecule has 64 valence electrons. The molecule has 0 rings (SSSR count). The molecule has 0 bridgehead atoms. The van der Waals surface area contributed by atoms with Crippen LogP contribution in [0.15, 0.2) is 36.1 Å². The van der Waals surface area contributed by atoms with Crippen LogP contribution < -0.4 is 5.73 Å². The third-order valence-corrected chi connectivity index (χ3v) is 0.961. The molecule has 0 spiro atoms. The number of rotatable bonds is 2. The first kappa shape index (κ1) is 12.7. The maximum atomic E-state index is 5.51. The molecule has 0 fully saturated rings. The fourth-order valence-corrected chi connectivity index (χ4v) is 0.342. The van der Waals surface area contributed by atoms with E-state index >= 15 is 0 Å². The monoisotopic (exact) mass is 153 g/mol. The van der Waals surface area contributed by atoms with Crippen LogP contribution in [0.4, 0.5) is 0 Å². The summed E-state index contributed by atoms with van der Waals surface area (Å²) < 4.78 is 0. The molecule has 11 heavy (non-hydrogen) atoms. The Morgan fingerprint density at radius 3 is 2.09 bits per heavy atom.